The van der Waals surface area contributed by atoms with Crippen LogP contribution in [0, 0.1) is 28.9 Å². The van der Waals surface area contributed by atoms with Crippen LogP contribution in [0.1, 0.15) is 10.5 Å². The number of benzene rings is 1. The fraction of sp³-hybridized carbons (Fsp3) is 0.300. The molecule has 3 heterocycles. The molecule has 2 aromatic heterocycles. The van der Waals surface area contributed by atoms with Gasteiger partial charge in [0.15, 0.2) is 11.5 Å². The fourth-order valence-electron chi connectivity index (χ4n) is 3.57. The Balaban J connectivity index is 1.61. The summed E-state index contributed by atoms with van der Waals surface area (Å²) in [5.41, 5.74) is 5.91. The number of hydrogen-bond acceptors (Lipinski definition) is 8. The topological polar surface area (TPSA) is 125 Å². The van der Waals surface area contributed by atoms with E-state index in [0.29, 0.717) is 37.7 Å². The number of halogens is 2. The number of carbonyl (C=O) groups is 1. The SMILES string of the molecule is Cn1ncc(NC(=O)c2nc(-c3c(F)cccc3F)sc2N)c1N1CCNCC(C#N)C1. The second kappa shape index (κ2) is 8.89. The second-order valence-electron chi connectivity index (χ2n) is 7.26. The van der Waals surface area contributed by atoms with Gasteiger partial charge in [0, 0.05) is 33.2 Å². The molecule has 4 rings (SSSR count). The maximum absolute atomic E-state index is 14.1. The molecule has 3 aromatic rings. The smallest absolute Gasteiger partial charge is 0.277 e. The van der Waals surface area contributed by atoms with Crippen molar-refractivity contribution in [2.45, 2.75) is 0 Å². The molecule has 1 fully saturated rings. The van der Waals surface area contributed by atoms with E-state index < -0.39 is 17.5 Å². The van der Waals surface area contributed by atoms with Crippen LogP contribution in [0.15, 0.2) is 24.4 Å². The molecule has 166 valence electrons. The highest BCUT2D eigenvalue weighted by molar-refractivity contribution is 7.19. The summed E-state index contributed by atoms with van der Waals surface area (Å²) >= 11 is 0.828. The van der Waals surface area contributed by atoms with E-state index in [0.717, 1.165) is 23.5 Å². The van der Waals surface area contributed by atoms with Gasteiger partial charge in [-0.3, -0.25) is 9.48 Å². The van der Waals surface area contributed by atoms with Gasteiger partial charge in [-0.1, -0.05) is 17.4 Å². The zero-order valence-electron chi connectivity index (χ0n) is 17.1. The number of aryl methyl sites for hydroxylation is 1. The molecule has 1 aliphatic heterocycles. The van der Waals surface area contributed by atoms with Crippen LogP contribution in [0.5, 0.6) is 0 Å². The average Bonchev–Trinajstić information content (AvgIpc) is 3.21. The van der Waals surface area contributed by atoms with Crippen LogP contribution in [0.3, 0.4) is 0 Å². The summed E-state index contributed by atoms with van der Waals surface area (Å²) in [6, 6.07) is 5.74. The number of rotatable bonds is 4. The minimum atomic E-state index is -0.790. The molecule has 1 aliphatic rings. The number of amides is 1. The van der Waals surface area contributed by atoms with Crippen LogP contribution in [0.2, 0.25) is 0 Å². The summed E-state index contributed by atoms with van der Waals surface area (Å²) in [6.07, 6.45) is 1.49. The maximum atomic E-state index is 14.1. The van der Waals surface area contributed by atoms with E-state index in [1.54, 1.807) is 11.7 Å². The summed E-state index contributed by atoms with van der Waals surface area (Å²) < 4.78 is 29.9. The molecule has 12 heteroatoms. The van der Waals surface area contributed by atoms with Crippen LogP contribution in [0.4, 0.5) is 25.3 Å². The van der Waals surface area contributed by atoms with E-state index in [-0.39, 0.29) is 27.2 Å². The number of thiazole rings is 1. The van der Waals surface area contributed by atoms with Gasteiger partial charge < -0.3 is 21.3 Å². The summed E-state index contributed by atoms with van der Waals surface area (Å²) in [5, 5.41) is 19.5. The third kappa shape index (κ3) is 4.12. The average molecular weight is 458 g/mol. The standard InChI is InChI=1S/C20H20F2N8OS/c1-29-20(30-6-5-25-8-11(7-23)10-30)14(9-26-29)27-18(31)16-17(24)32-19(28-16)15-12(21)3-2-4-13(15)22/h2-4,9,11,25H,5-6,8,10,24H2,1H3,(H,27,31). The van der Waals surface area contributed by atoms with Gasteiger partial charge in [-0.15, -0.1) is 0 Å². The number of hydrogen-bond donors (Lipinski definition) is 3. The van der Waals surface area contributed by atoms with Crippen LogP contribution in [-0.2, 0) is 7.05 Å². The molecular weight excluding hydrogens is 438 g/mol. The first-order chi connectivity index (χ1) is 15.4. The highest BCUT2D eigenvalue weighted by atomic mass is 32.1. The molecule has 0 radical (unpaired) electrons. The molecule has 0 saturated carbocycles. The lowest BCUT2D eigenvalue weighted by molar-refractivity contribution is 0.102. The lowest BCUT2D eigenvalue weighted by Crippen LogP contribution is -2.32. The molecule has 4 N–H and O–H groups in total. The van der Waals surface area contributed by atoms with Crippen LogP contribution >= 0.6 is 11.3 Å². The van der Waals surface area contributed by atoms with Gasteiger partial charge in [-0.05, 0) is 12.1 Å². The van der Waals surface area contributed by atoms with Crippen molar-refractivity contribution in [1.82, 2.24) is 20.1 Å². The number of nitrogens with zero attached hydrogens (tertiary/aromatic N) is 5. The molecule has 1 saturated heterocycles. The van der Waals surface area contributed by atoms with Crippen molar-refractivity contribution in [1.29, 1.82) is 5.26 Å². The van der Waals surface area contributed by atoms with Gasteiger partial charge >= 0.3 is 0 Å². The number of nitrogens with one attached hydrogen (secondary N) is 2. The van der Waals surface area contributed by atoms with Crippen molar-refractivity contribution in [3.63, 3.8) is 0 Å². The van der Waals surface area contributed by atoms with Crippen LogP contribution in [-0.4, -0.2) is 46.9 Å². The Labute approximate surface area is 186 Å². The Kier molecular flexibility index (Phi) is 6.02. The third-order valence-corrected chi connectivity index (χ3v) is 5.97. The Morgan fingerprint density at radius 2 is 2.16 bits per heavy atom. The fourth-order valence-corrected chi connectivity index (χ4v) is 4.45. The first-order valence-electron chi connectivity index (χ1n) is 9.78. The van der Waals surface area contributed by atoms with Crippen molar-refractivity contribution in [2.24, 2.45) is 13.0 Å². The van der Waals surface area contributed by atoms with E-state index in [1.807, 2.05) is 4.90 Å². The van der Waals surface area contributed by atoms with Crippen LogP contribution < -0.4 is 21.3 Å². The van der Waals surface area contributed by atoms with Gasteiger partial charge in [0.05, 0.1) is 23.7 Å². The first kappa shape index (κ1) is 21.7. The highest BCUT2D eigenvalue weighted by Crippen LogP contribution is 2.34. The molecule has 9 nitrogen and oxygen atoms in total. The summed E-state index contributed by atoms with van der Waals surface area (Å²) in [4.78, 5) is 19.0. The molecule has 1 amide bonds. The Morgan fingerprint density at radius 3 is 2.88 bits per heavy atom. The van der Waals surface area contributed by atoms with E-state index in [1.165, 1.54) is 12.3 Å². The molecule has 0 bridgehead atoms. The van der Waals surface area contributed by atoms with Gasteiger partial charge in [0.25, 0.3) is 5.91 Å². The van der Waals surface area contributed by atoms with E-state index >= 15 is 0 Å². The van der Waals surface area contributed by atoms with Crippen molar-refractivity contribution in [3.8, 4) is 16.6 Å². The Morgan fingerprint density at radius 1 is 1.41 bits per heavy atom. The van der Waals surface area contributed by atoms with Gasteiger partial charge in [0.1, 0.15) is 27.3 Å². The lowest BCUT2D eigenvalue weighted by atomic mass is 10.1. The molecule has 1 atom stereocenters. The predicted molar refractivity (Wildman–Crippen MR) is 117 cm³/mol. The number of nitrogens with two attached hydrogens (primary N) is 1. The number of nitrogen functional groups attached to an aromatic ring is 1. The third-order valence-electron chi connectivity index (χ3n) is 5.07. The minimum absolute atomic E-state index is 0.0230. The summed E-state index contributed by atoms with van der Waals surface area (Å²) in [7, 11) is 1.74. The van der Waals surface area contributed by atoms with E-state index in [4.69, 9.17) is 5.73 Å². The van der Waals surface area contributed by atoms with Crippen LogP contribution in [0.25, 0.3) is 10.6 Å². The number of carbonyl (C=O) groups excluding carboxylic acids is 1. The zero-order chi connectivity index (χ0) is 22.8. The highest BCUT2D eigenvalue weighted by Gasteiger charge is 2.26. The Hall–Kier alpha value is -3.56. The number of anilines is 3. The number of aromatic nitrogens is 3. The molecule has 0 aliphatic carbocycles. The second-order valence-corrected chi connectivity index (χ2v) is 8.29. The molecule has 0 spiro atoms. The van der Waals surface area contributed by atoms with E-state index in [9.17, 15) is 18.8 Å². The minimum Gasteiger partial charge on any atom is -0.389 e. The summed E-state index contributed by atoms with van der Waals surface area (Å²) in [5.74, 6) is -1.79. The van der Waals surface area contributed by atoms with Gasteiger partial charge in [-0.25, -0.2) is 13.8 Å². The van der Waals surface area contributed by atoms with Gasteiger partial charge in [0.2, 0.25) is 0 Å². The first-order valence-corrected chi connectivity index (χ1v) is 10.6. The number of nitriles is 1. The molecule has 32 heavy (non-hydrogen) atoms. The van der Waals surface area contributed by atoms with Crippen molar-refractivity contribution >= 4 is 33.8 Å². The zero-order valence-corrected chi connectivity index (χ0v) is 17.9. The predicted octanol–water partition coefficient (Wildman–Crippen LogP) is 2.21. The monoisotopic (exact) mass is 458 g/mol. The van der Waals surface area contributed by atoms with Crippen molar-refractivity contribution in [2.75, 3.05) is 42.1 Å². The maximum Gasteiger partial charge on any atom is 0.277 e. The molecule has 1 aromatic carbocycles. The summed E-state index contributed by atoms with van der Waals surface area (Å²) in [6.45, 7) is 2.35. The largest absolute Gasteiger partial charge is 0.389 e. The lowest BCUT2D eigenvalue weighted by Gasteiger charge is -2.24. The molecule has 1 unspecified atom stereocenters. The Bertz CT molecular complexity index is 1180. The van der Waals surface area contributed by atoms with Crippen molar-refractivity contribution in [3.05, 3.63) is 41.7 Å². The normalized spacial score (nSPS) is 16.4. The molecular formula is C20H20F2N8OS. The van der Waals surface area contributed by atoms with Gasteiger partial charge in [-0.2, -0.15) is 10.4 Å². The quantitative estimate of drug-likeness (QED) is 0.547. The van der Waals surface area contributed by atoms with Crippen molar-refractivity contribution < 1.29 is 13.6 Å². The van der Waals surface area contributed by atoms with E-state index in [2.05, 4.69) is 26.8 Å².